The van der Waals surface area contributed by atoms with Crippen LogP contribution in [0.3, 0.4) is 0 Å². The highest BCUT2D eigenvalue weighted by Crippen LogP contribution is 2.36. The van der Waals surface area contributed by atoms with Gasteiger partial charge < -0.3 is 5.32 Å². The SMILES string of the molecule is C=C(Cl)CNc1cc(Br)ccc1C(F)(F)F. The second kappa shape index (κ2) is 5.10. The quantitative estimate of drug-likeness (QED) is 0.857. The van der Waals surface area contributed by atoms with E-state index in [9.17, 15) is 13.2 Å². The van der Waals surface area contributed by atoms with Crippen molar-refractivity contribution in [3.63, 3.8) is 0 Å². The predicted octanol–water partition coefficient (Wildman–Crippen LogP) is 4.63. The Balaban J connectivity index is 3.04. The van der Waals surface area contributed by atoms with Crippen molar-refractivity contribution in [2.45, 2.75) is 6.18 Å². The van der Waals surface area contributed by atoms with E-state index in [-0.39, 0.29) is 17.3 Å². The Labute approximate surface area is 104 Å². The summed E-state index contributed by atoms with van der Waals surface area (Å²) in [6.07, 6.45) is -4.39. The number of anilines is 1. The number of rotatable bonds is 3. The van der Waals surface area contributed by atoms with Gasteiger partial charge in [0.1, 0.15) is 0 Å². The highest BCUT2D eigenvalue weighted by atomic mass is 79.9. The van der Waals surface area contributed by atoms with Crippen LogP contribution in [-0.4, -0.2) is 6.54 Å². The molecule has 0 amide bonds. The molecule has 0 heterocycles. The van der Waals surface area contributed by atoms with Crippen LogP contribution >= 0.6 is 27.5 Å². The molecule has 0 saturated heterocycles. The lowest BCUT2D eigenvalue weighted by molar-refractivity contribution is -0.136. The van der Waals surface area contributed by atoms with Gasteiger partial charge in [0.05, 0.1) is 12.1 Å². The van der Waals surface area contributed by atoms with E-state index in [4.69, 9.17) is 11.6 Å². The average molecular weight is 315 g/mol. The zero-order valence-corrected chi connectivity index (χ0v) is 10.4. The van der Waals surface area contributed by atoms with Crippen LogP contribution < -0.4 is 5.32 Å². The van der Waals surface area contributed by atoms with Gasteiger partial charge in [-0.15, -0.1) is 0 Å². The maximum Gasteiger partial charge on any atom is 0.418 e. The second-order valence-corrected chi connectivity index (χ2v) is 4.51. The molecule has 6 heteroatoms. The van der Waals surface area contributed by atoms with Gasteiger partial charge in [-0.25, -0.2) is 0 Å². The minimum Gasteiger partial charge on any atom is -0.380 e. The number of hydrogen-bond donors (Lipinski definition) is 1. The van der Waals surface area contributed by atoms with Crippen LogP contribution in [0.2, 0.25) is 0 Å². The molecular weight excluding hydrogens is 306 g/mol. The molecule has 1 aromatic carbocycles. The van der Waals surface area contributed by atoms with Crippen LogP contribution in [0.1, 0.15) is 5.56 Å². The molecule has 0 aromatic heterocycles. The van der Waals surface area contributed by atoms with Crippen LogP contribution in [0.4, 0.5) is 18.9 Å². The molecule has 88 valence electrons. The Morgan fingerprint density at radius 3 is 2.56 bits per heavy atom. The van der Waals surface area contributed by atoms with E-state index in [1.54, 1.807) is 0 Å². The minimum absolute atomic E-state index is 0.0244. The molecule has 0 aliphatic rings. The van der Waals surface area contributed by atoms with Gasteiger partial charge in [0.25, 0.3) is 0 Å². The van der Waals surface area contributed by atoms with Crippen LogP contribution in [0.5, 0.6) is 0 Å². The van der Waals surface area contributed by atoms with Gasteiger partial charge in [0, 0.05) is 15.2 Å². The smallest absolute Gasteiger partial charge is 0.380 e. The van der Waals surface area contributed by atoms with Crippen molar-refractivity contribution in [1.29, 1.82) is 0 Å². The minimum atomic E-state index is -4.39. The lowest BCUT2D eigenvalue weighted by Gasteiger charge is -2.14. The largest absolute Gasteiger partial charge is 0.418 e. The van der Waals surface area contributed by atoms with Gasteiger partial charge in [-0.3, -0.25) is 0 Å². The molecule has 1 N–H and O–H groups in total. The molecular formula is C10H8BrClF3N. The normalized spacial score (nSPS) is 11.3. The first-order valence-electron chi connectivity index (χ1n) is 4.24. The van der Waals surface area contributed by atoms with Crippen molar-refractivity contribution in [3.8, 4) is 0 Å². The molecule has 1 aromatic rings. The van der Waals surface area contributed by atoms with E-state index in [2.05, 4.69) is 27.8 Å². The maximum absolute atomic E-state index is 12.6. The first-order valence-corrected chi connectivity index (χ1v) is 5.41. The summed E-state index contributed by atoms with van der Waals surface area (Å²) in [5.41, 5.74) is -0.753. The van der Waals surface area contributed by atoms with Gasteiger partial charge in [-0.1, -0.05) is 34.1 Å². The third-order valence-corrected chi connectivity index (χ3v) is 2.38. The fourth-order valence-electron chi connectivity index (χ4n) is 1.10. The molecule has 0 spiro atoms. The highest BCUT2D eigenvalue weighted by Gasteiger charge is 2.33. The van der Waals surface area contributed by atoms with E-state index < -0.39 is 11.7 Å². The summed E-state index contributed by atoms with van der Waals surface area (Å²) in [5, 5.41) is 2.82. The molecule has 1 nitrogen and oxygen atoms in total. The number of hydrogen-bond acceptors (Lipinski definition) is 1. The third-order valence-electron chi connectivity index (χ3n) is 1.76. The van der Waals surface area contributed by atoms with Crippen LogP contribution in [-0.2, 0) is 6.18 Å². The molecule has 0 radical (unpaired) electrons. The van der Waals surface area contributed by atoms with Gasteiger partial charge in [0.15, 0.2) is 0 Å². The van der Waals surface area contributed by atoms with Crippen molar-refractivity contribution in [3.05, 3.63) is 39.8 Å². The first-order chi connectivity index (χ1) is 7.30. The van der Waals surface area contributed by atoms with Crippen LogP contribution in [0, 0.1) is 0 Å². The van der Waals surface area contributed by atoms with E-state index in [0.29, 0.717) is 4.47 Å². The predicted molar refractivity (Wildman–Crippen MR) is 62.6 cm³/mol. The molecule has 0 aliphatic carbocycles. The van der Waals surface area contributed by atoms with Crippen molar-refractivity contribution in [2.24, 2.45) is 0 Å². The Hall–Kier alpha value is -0.680. The van der Waals surface area contributed by atoms with E-state index in [0.717, 1.165) is 6.07 Å². The second-order valence-electron chi connectivity index (χ2n) is 3.06. The maximum atomic E-state index is 12.6. The van der Waals surface area contributed by atoms with Crippen molar-refractivity contribution in [2.75, 3.05) is 11.9 Å². The Morgan fingerprint density at radius 1 is 1.44 bits per heavy atom. The fraction of sp³-hybridized carbons (Fsp3) is 0.200. The molecule has 0 saturated carbocycles. The van der Waals surface area contributed by atoms with Gasteiger partial charge >= 0.3 is 6.18 Å². The number of benzene rings is 1. The molecule has 1 rings (SSSR count). The van der Waals surface area contributed by atoms with Crippen molar-refractivity contribution >= 4 is 33.2 Å². The van der Waals surface area contributed by atoms with Crippen LogP contribution in [0.15, 0.2) is 34.3 Å². The van der Waals surface area contributed by atoms with Crippen molar-refractivity contribution < 1.29 is 13.2 Å². The molecule has 0 unspecified atom stereocenters. The standard InChI is InChI=1S/C10H8BrClF3N/c1-6(12)5-16-9-4-7(11)2-3-8(9)10(13,14)15/h2-4,16H,1,5H2. The monoisotopic (exact) mass is 313 g/mol. The zero-order valence-electron chi connectivity index (χ0n) is 8.04. The Kier molecular flexibility index (Phi) is 4.27. The van der Waals surface area contributed by atoms with E-state index in [1.807, 2.05) is 0 Å². The topological polar surface area (TPSA) is 12.0 Å². The third kappa shape index (κ3) is 3.72. The van der Waals surface area contributed by atoms with Gasteiger partial charge in [0.2, 0.25) is 0 Å². The highest BCUT2D eigenvalue weighted by molar-refractivity contribution is 9.10. The van der Waals surface area contributed by atoms with E-state index in [1.165, 1.54) is 12.1 Å². The lowest BCUT2D eigenvalue weighted by Crippen LogP contribution is -2.11. The zero-order chi connectivity index (χ0) is 12.3. The summed E-state index contributed by atoms with van der Waals surface area (Å²) >= 11 is 8.59. The number of alkyl halides is 3. The summed E-state index contributed by atoms with van der Waals surface area (Å²) in [6.45, 7) is 3.48. The molecule has 16 heavy (non-hydrogen) atoms. The summed E-state index contributed by atoms with van der Waals surface area (Å²) in [4.78, 5) is 0. The fourth-order valence-corrected chi connectivity index (χ4v) is 1.53. The summed E-state index contributed by atoms with van der Waals surface area (Å²) in [5.74, 6) is 0. The Bertz CT molecular complexity index is 404. The molecule has 0 atom stereocenters. The molecule has 0 bridgehead atoms. The first kappa shape index (κ1) is 13.4. The number of halogens is 5. The summed E-state index contributed by atoms with van der Waals surface area (Å²) in [7, 11) is 0. The van der Waals surface area contributed by atoms with Gasteiger partial charge in [-0.2, -0.15) is 13.2 Å². The van der Waals surface area contributed by atoms with Crippen molar-refractivity contribution in [1.82, 2.24) is 0 Å². The van der Waals surface area contributed by atoms with Crippen LogP contribution in [0.25, 0.3) is 0 Å². The molecule has 0 aliphatic heterocycles. The molecule has 0 fully saturated rings. The summed E-state index contributed by atoms with van der Waals surface area (Å²) < 4.78 is 38.3. The lowest BCUT2D eigenvalue weighted by atomic mass is 10.1. The number of nitrogens with one attached hydrogen (secondary N) is 1. The summed E-state index contributed by atoms with van der Waals surface area (Å²) in [6, 6.07) is 3.69. The van der Waals surface area contributed by atoms with E-state index >= 15 is 0 Å². The Morgan fingerprint density at radius 2 is 2.06 bits per heavy atom. The average Bonchev–Trinajstić information content (AvgIpc) is 2.12. The van der Waals surface area contributed by atoms with Gasteiger partial charge in [-0.05, 0) is 18.2 Å².